The minimum Gasteiger partial charge on any atom is -0.467 e. The molecule has 0 unspecified atom stereocenters. The van der Waals surface area contributed by atoms with Gasteiger partial charge in [-0.1, -0.05) is 50.6 Å². The molecule has 1 aromatic heterocycles. The Morgan fingerprint density at radius 3 is 2.19 bits per heavy atom. The highest BCUT2D eigenvalue weighted by molar-refractivity contribution is 7.87. The first-order valence-electron chi connectivity index (χ1n) is 16.5. The number of piperidine rings is 1. The molecule has 10 nitrogen and oxygen atoms in total. The van der Waals surface area contributed by atoms with Gasteiger partial charge >= 0.3 is 16.3 Å². The zero-order valence-corrected chi connectivity index (χ0v) is 31.4. The fraction of sp³-hybridized carbons (Fsp3) is 0.600. The van der Waals surface area contributed by atoms with E-state index in [4.69, 9.17) is 13.6 Å². The van der Waals surface area contributed by atoms with Crippen molar-refractivity contribution in [2.24, 2.45) is 5.92 Å². The first-order chi connectivity index (χ1) is 21.8. The van der Waals surface area contributed by atoms with E-state index in [0.717, 1.165) is 23.0 Å². The Balaban J connectivity index is 1.38. The zero-order chi connectivity index (χ0) is 34.8. The first-order valence-corrected chi connectivity index (χ1v) is 20.8. The Morgan fingerprint density at radius 2 is 1.66 bits per heavy atom. The van der Waals surface area contributed by atoms with Crippen molar-refractivity contribution in [2.75, 3.05) is 26.2 Å². The van der Waals surface area contributed by atoms with Crippen LogP contribution in [0.5, 0.6) is 0 Å². The monoisotopic (exact) mass is 687 g/mol. The molecule has 0 atom stereocenters. The van der Waals surface area contributed by atoms with Crippen molar-refractivity contribution in [1.82, 2.24) is 13.5 Å². The van der Waals surface area contributed by atoms with Crippen LogP contribution in [0.3, 0.4) is 0 Å². The Hall–Kier alpha value is -2.77. The average molecular weight is 688 g/mol. The van der Waals surface area contributed by atoms with E-state index in [1.54, 1.807) is 26.8 Å². The van der Waals surface area contributed by atoms with Gasteiger partial charge in [0.05, 0.1) is 25.3 Å². The second-order valence-corrected chi connectivity index (χ2v) is 22.0. The van der Waals surface area contributed by atoms with Crippen molar-refractivity contribution < 1.29 is 26.8 Å². The smallest absolute Gasteiger partial charge is 0.425 e. The highest BCUT2D eigenvalue weighted by atomic mass is 32.2. The fourth-order valence-electron chi connectivity index (χ4n) is 5.64. The zero-order valence-electron chi connectivity index (χ0n) is 29.6. The van der Waals surface area contributed by atoms with Crippen molar-refractivity contribution in [1.29, 1.82) is 0 Å². The van der Waals surface area contributed by atoms with Crippen molar-refractivity contribution in [3.63, 3.8) is 0 Å². The molecule has 3 heterocycles. The summed E-state index contributed by atoms with van der Waals surface area (Å²) in [6.07, 6.45) is 3.58. The van der Waals surface area contributed by atoms with Gasteiger partial charge in [-0.15, -0.1) is 0 Å². The topological polar surface area (TPSA) is 110 Å². The predicted molar refractivity (Wildman–Crippen MR) is 187 cm³/mol. The Morgan fingerprint density at radius 1 is 1.06 bits per heavy atom. The molecule has 12 heteroatoms. The summed E-state index contributed by atoms with van der Waals surface area (Å²) in [5.74, 6) is 0.709. The van der Waals surface area contributed by atoms with Gasteiger partial charge in [-0.2, -0.15) is 17.0 Å². The number of allylic oxidation sites excluding steroid dienone is 1. The molecular formula is C35H53N3O7SSi. The van der Waals surface area contributed by atoms with Gasteiger partial charge in [0.2, 0.25) is 0 Å². The molecule has 1 fully saturated rings. The maximum Gasteiger partial charge on any atom is 0.425 e. The lowest BCUT2D eigenvalue weighted by atomic mass is 9.90. The number of hydrogen-bond donors (Lipinski definition) is 0. The van der Waals surface area contributed by atoms with Gasteiger partial charge in [0, 0.05) is 32.2 Å². The molecule has 2 aromatic rings. The highest BCUT2D eigenvalue weighted by Gasteiger charge is 2.40. The number of carbonyl (C=O) groups is 1. The second kappa shape index (κ2) is 14.4. The van der Waals surface area contributed by atoms with E-state index in [2.05, 4.69) is 50.9 Å². The molecule has 0 saturated carbocycles. The molecule has 0 radical (unpaired) electrons. The normalized spacial score (nSPS) is 17.5. The number of rotatable bonds is 10. The fourth-order valence-corrected chi connectivity index (χ4v) is 8.16. The van der Waals surface area contributed by atoms with Crippen LogP contribution in [0.1, 0.15) is 83.8 Å². The second-order valence-electron chi connectivity index (χ2n) is 15.3. The summed E-state index contributed by atoms with van der Waals surface area (Å²) in [7, 11) is -6.32. The Labute approximate surface area is 282 Å². The number of amides is 1. The largest absolute Gasteiger partial charge is 0.467 e. The third kappa shape index (κ3) is 9.44. The van der Waals surface area contributed by atoms with Gasteiger partial charge in [-0.3, -0.25) is 9.69 Å². The number of hydrogen-bond acceptors (Lipinski definition) is 8. The number of benzene rings is 1. The molecule has 0 N–H and O–H groups in total. The van der Waals surface area contributed by atoms with E-state index in [1.165, 1.54) is 21.7 Å². The molecule has 0 bridgehead atoms. The third-order valence-electron chi connectivity index (χ3n) is 9.45. The van der Waals surface area contributed by atoms with Crippen molar-refractivity contribution >= 4 is 30.7 Å². The summed E-state index contributed by atoms with van der Waals surface area (Å²) in [5.41, 5.74) is 3.11. The maximum atomic E-state index is 13.8. The van der Waals surface area contributed by atoms with E-state index in [-0.39, 0.29) is 42.6 Å². The van der Waals surface area contributed by atoms with Crippen molar-refractivity contribution in [3.05, 3.63) is 74.8 Å². The SMILES string of the molecule is C/C(=C\c1coc(CN2Cc3ccccc3C2)cc1=O)C1CCN(S(=O)(=O)N(CCO[Si](C)(C)C(C)(C)C)C(=O)OC(C)(C)C)CC1. The van der Waals surface area contributed by atoms with E-state index in [9.17, 15) is 18.0 Å². The van der Waals surface area contributed by atoms with E-state index < -0.39 is 30.2 Å². The van der Waals surface area contributed by atoms with Gasteiger partial charge in [-0.05, 0) is 81.8 Å². The highest BCUT2D eigenvalue weighted by Crippen LogP contribution is 2.36. The van der Waals surface area contributed by atoms with Crippen LogP contribution in [-0.4, -0.2) is 68.2 Å². The molecule has 1 aromatic carbocycles. The van der Waals surface area contributed by atoms with Crippen molar-refractivity contribution in [3.8, 4) is 0 Å². The number of ether oxygens (including phenoxy) is 1. The molecule has 260 valence electrons. The van der Waals surface area contributed by atoms with Gasteiger partial charge in [0.15, 0.2) is 13.7 Å². The van der Waals surface area contributed by atoms with Gasteiger partial charge in [-0.25, -0.2) is 4.79 Å². The van der Waals surface area contributed by atoms with E-state index in [1.807, 2.05) is 25.1 Å². The van der Waals surface area contributed by atoms with Crippen LogP contribution < -0.4 is 5.43 Å². The number of nitrogens with zero attached hydrogens (tertiary/aromatic N) is 3. The van der Waals surface area contributed by atoms with E-state index in [0.29, 0.717) is 30.7 Å². The molecule has 0 aliphatic carbocycles. The molecule has 1 amide bonds. The minimum atomic E-state index is -4.16. The van der Waals surface area contributed by atoms with Crippen LogP contribution >= 0.6 is 0 Å². The first kappa shape index (κ1) is 37.1. The minimum absolute atomic E-state index is 0.0558. The van der Waals surface area contributed by atoms with Crippen LogP contribution in [0, 0.1) is 5.92 Å². The lowest BCUT2D eigenvalue weighted by Crippen LogP contribution is -2.52. The summed E-state index contributed by atoms with van der Waals surface area (Å²) in [6.45, 7) is 20.3. The van der Waals surface area contributed by atoms with Gasteiger partial charge < -0.3 is 13.6 Å². The molecule has 47 heavy (non-hydrogen) atoms. The summed E-state index contributed by atoms with van der Waals surface area (Å²) in [5, 5.41) is -0.0558. The standard InChI is InChI=1S/C35H53N3O7SSi/c1-26(20-30-25-43-31(21-32(30)39)24-36-22-28-12-10-11-13-29(28)23-36)27-14-16-37(17-15-27)46(41,42)38(33(40)45-34(2,3)4)18-19-44-47(8,9)35(5,6)7/h10-13,20-21,25,27H,14-19,22-24H2,1-9H3/b26-20+. The van der Waals surface area contributed by atoms with Crippen LogP contribution in [-0.2, 0) is 39.0 Å². The van der Waals surface area contributed by atoms with Crippen LogP contribution in [0.15, 0.2) is 51.4 Å². The molecule has 2 aliphatic heterocycles. The predicted octanol–water partition coefficient (Wildman–Crippen LogP) is 6.77. The van der Waals surface area contributed by atoms with Crippen LogP contribution in [0.4, 0.5) is 4.79 Å². The molecule has 2 aliphatic rings. The lowest BCUT2D eigenvalue weighted by molar-refractivity contribution is 0.0361. The quantitative estimate of drug-likeness (QED) is 0.252. The summed E-state index contributed by atoms with van der Waals surface area (Å²) >= 11 is 0. The lowest BCUT2D eigenvalue weighted by Gasteiger charge is -2.38. The molecule has 0 spiro atoms. The number of carbonyl (C=O) groups excluding carboxylic acids is 1. The van der Waals surface area contributed by atoms with E-state index >= 15 is 0 Å². The molecule has 4 rings (SSSR count). The van der Waals surface area contributed by atoms with Gasteiger partial charge in [0.25, 0.3) is 0 Å². The summed E-state index contributed by atoms with van der Waals surface area (Å²) in [6, 6.07) is 9.91. The Bertz CT molecular complexity index is 1590. The molecular weight excluding hydrogens is 635 g/mol. The van der Waals surface area contributed by atoms with Gasteiger partial charge in [0.1, 0.15) is 17.6 Å². The Kier molecular flexibility index (Phi) is 11.3. The summed E-state index contributed by atoms with van der Waals surface area (Å²) < 4.78 is 47.4. The summed E-state index contributed by atoms with van der Waals surface area (Å²) in [4.78, 5) is 28.4. The van der Waals surface area contributed by atoms with Crippen LogP contribution in [0.25, 0.3) is 6.08 Å². The molecule has 1 saturated heterocycles. The third-order valence-corrected chi connectivity index (χ3v) is 15.9. The average Bonchev–Trinajstić information content (AvgIpc) is 3.37. The maximum absolute atomic E-state index is 13.8. The van der Waals surface area contributed by atoms with Crippen LogP contribution in [0.2, 0.25) is 18.1 Å². The number of fused-ring (bicyclic) bond motifs is 1. The van der Waals surface area contributed by atoms with Crippen molar-refractivity contribution in [2.45, 2.75) is 105 Å².